The summed E-state index contributed by atoms with van der Waals surface area (Å²) in [4.78, 5) is 10.0. The summed E-state index contributed by atoms with van der Waals surface area (Å²) in [6, 6.07) is 44.8. The van der Waals surface area contributed by atoms with Crippen LogP contribution in [0.4, 0.5) is 0 Å². The molecule has 6 aromatic rings. The predicted octanol–water partition coefficient (Wildman–Crippen LogP) is 7.04. The molecular weight excluding hydrogens is 478 g/mol. The van der Waals surface area contributed by atoms with Gasteiger partial charge in [0.1, 0.15) is 0 Å². The smallest absolute Gasteiger partial charge is 0.160 e. The Balaban J connectivity index is 1.47. The number of hydrogen-bond acceptors (Lipinski definition) is 4. The first kappa shape index (κ1) is 24.1. The number of aromatic nitrogens is 2. The van der Waals surface area contributed by atoms with E-state index in [1.165, 1.54) is 0 Å². The van der Waals surface area contributed by atoms with Gasteiger partial charge in [-0.15, -0.1) is 0 Å². The topological polar surface area (TPSA) is 76.2 Å². The molecule has 39 heavy (non-hydrogen) atoms. The van der Waals surface area contributed by atoms with Crippen molar-refractivity contribution in [2.45, 2.75) is 6.54 Å². The van der Waals surface area contributed by atoms with Crippen molar-refractivity contribution < 1.29 is 0 Å². The molecule has 0 radical (unpaired) electrons. The number of hydrazone groups is 1. The standard InChI is InChI=1S/C34H27N5/c35-33(26-15-6-2-7-16-26)39-36-23-30-28-19-11-10-12-24(28)20-21-29(30)32-22-31(25-13-4-1-5-14-25)37-34(38-32)27-17-8-3-9-18-27/h1-22,36H,23H2,(H2,35,39). The highest BCUT2D eigenvalue weighted by Crippen LogP contribution is 2.33. The summed E-state index contributed by atoms with van der Waals surface area (Å²) < 4.78 is 0. The van der Waals surface area contributed by atoms with Gasteiger partial charge in [0.05, 0.1) is 17.9 Å². The molecule has 0 amide bonds. The van der Waals surface area contributed by atoms with Gasteiger partial charge in [-0.1, -0.05) is 127 Å². The Kier molecular flexibility index (Phi) is 6.78. The highest BCUT2D eigenvalue weighted by Gasteiger charge is 2.15. The molecule has 188 valence electrons. The van der Waals surface area contributed by atoms with Gasteiger partial charge in [-0.3, -0.25) is 0 Å². The Morgan fingerprint density at radius 3 is 2.00 bits per heavy atom. The summed E-state index contributed by atoms with van der Waals surface area (Å²) in [5, 5.41) is 6.76. The molecule has 5 nitrogen and oxygen atoms in total. The van der Waals surface area contributed by atoms with Gasteiger partial charge < -0.3 is 11.2 Å². The van der Waals surface area contributed by atoms with Gasteiger partial charge in [0.15, 0.2) is 11.7 Å². The van der Waals surface area contributed by atoms with Crippen molar-refractivity contribution in [2.75, 3.05) is 0 Å². The molecule has 6 rings (SSSR count). The molecule has 5 heteroatoms. The Bertz CT molecular complexity index is 1690. The third-order valence-corrected chi connectivity index (χ3v) is 6.67. The van der Waals surface area contributed by atoms with E-state index in [-0.39, 0.29) is 0 Å². The fourth-order valence-electron chi connectivity index (χ4n) is 4.70. The first-order valence-corrected chi connectivity index (χ1v) is 12.9. The number of benzene rings is 5. The van der Waals surface area contributed by atoms with Crippen molar-refractivity contribution in [1.29, 1.82) is 0 Å². The van der Waals surface area contributed by atoms with Crippen molar-refractivity contribution in [2.24, 2.45) is 10.8 Å². The lowest BCUT2D eigenvalue weighted by Crippen LogP contribution is -2.19. The molecule has 0 bridgehead atoms. The van der Waals surface area contributed by atoms with Crippen LogP contribution in [0, 0.1) is 0 Å². The molecular formula is C34H27N5. The molecule has 1 aromatic heterocycles. The van der Waals surface area contributed by atoms with Crippen molar-refractivity contribution in [3.8, 4) is 33.9 Å². The first-order valence-electron chi connectivity index (χ1n) is 12.9. The first-order chi connectivity index (χ1) is 19.3. The van der Waals surface area contributed by atoms with Gasteiger partial charge in [0, 0.05) is 22.3 Å². The Morgan fingerprint density at radius 1 is 0.641 bits per heavy atom. The number of amidine groups is 1. The van der Waals surface area contributed by atoms with Crippen molar-refractivity contribution in [3.05, 3.63) is 145 Å². The molecule has 0 spiro atoms. The molecule has 5 aromatic carbocycles. The molecule has 0 aliphatic heterocycles. The number of hydrogen-bond donors (Lipinski definition) is 2. The molecule has 0 atom stereocenters. The van der Waals surface area contributed by atoms with Gasteiger partial charge in [0.2, 0.25) is 0 Å². The van der Waals surface area contributed by atoms with E-state index in [1.807, 2.05) is 78.9 Å². The number of rotatable bonds is 7. The van der Waals surface area contributed by atoms with Gasteiger partial charge >= 0.3 is 0 Å². The number of nitrogens with one attached hydrogen (secondary N) is 1. The third-order valence-electron chi connectivity index (χ3n) is 6.67. The summed E-state index contributed by atoms with van der Waals surface area (Å²) in [5.41, 5.74) is 16.2. The summed E-state index contributed by atoms with van der Waals surface area (Å²) in [7, 11) is 0. The fraction of sp³-hybridized carbons (Fsp3) is 0.0294. The molecule has 3 N–H and O–H groups in total. The largest absolute Gasteiger partial charge is 0.382 e. The van der Waals surface area contributed by atoms with Crippen molar-refractivity contribution >= 4 is 16.6 Å². The van der Waals surface area contributed by atoms with E-state index in [0.717, 1.165) is 50.0 Å². The van der Waals surface area contributed by atoms with Crippen LogP contribution in [0.15, 0.2) is 139 Å². The highest BCUT2D eigenvalue weighted by molar-refractivity contribution is 5.97. The highest BCUT2D eigenvalue weighted by atomic mass is 15.3. The van der Waals surface area contributed by atoms with Crippen molar-refractivity contribution in [3.63, 3.8) is 0 Å². The maximum Gasteiger partial charge on any atom is 0.160 e. The molecule has 0 aliphatic carbocycles. The Morgan fingerprint density at radius 2 is 1.26 bits per heavy atom. The van der Waals surface area contributed by atoms with E-state index in [2.05, 4.69) is 65.1 Å². The minimum absolute atomic E-state index is 0.442. The van der Waals surface area contributed by atoms with Crippen LogP contribution in [0.3, 0.4) is 0 Å². The zero-order valence-electron chi connectivity index (χ0n) is 21.3. The van der Waals surface area contributed by atoms with Gasteiger partial charge in [-0.05, 0) is 22.4 Å². The fourth-order valence-corrected chi connectivity index (χ4v) is 4.70. The molecule has 0 saturated carbocycles. The molecule has 0 aliphatic rings. The summed E-state index contributed by atoms with van der Waals surface area (Å²) in [5.74, 6) is 1.13. The van der Waals surface area contributed by atoms with Crippen LogP contribution < -0.4 is 11.2 Å². The van der Waals surface area contributed by atoms with Crippen LogP contribution in [-0.4, -0.2) is 15.8 Å². The van der Waals surface area contributed by atoms with Crippen molar-refractivity contribution in [1.82, 2.24) is 15.4 Å². The lowest BCUT2D eigenvalue weighted by molar-refractivity contribution is 0.748. The lowest BCUT2D eigenvalue weighted by atomic mass is 9.96. The summed E-state index contributed by atoms with van der Waals surface area (Å²) >= 11 is 0. The van der Waals surface area contributed by atoms with E-state index < -0.39 is 0 Å². The zero-order valence-corrected chi connectivity index (χ0v) is 21.3. The average Bonchev–Trinajstić information content (AvgIpc) is 3.02. The SMILES string of the molecule is N/C(=N\NCc1c(-c2cc(-c3ccccc3)nc(-c3ccccc3)n2)ccc2ccccc12)c1ccccc1. The molecule has 0 saturated heterocycles. The quantitative estimate of drug-likeness (QED) is 0.139. The second-order valence-corrected chi connectivity index (χ2v) is 9.20. The predicted molar refractivity (Wildman–Crippen MR) is 160 cm³/mol. The van der Waals surface area contributed by atoms with Crippen LogP contribution >= 0.6 is 0 Å². The summed E-state index contributed by atoms with van der Waals surface area (Å²) in [6.07, 6.45) is 0. The minimum atomic E-state index is 0.442. The van der Waals surface area contributed by atoms with Crippen LogP contribution in [0.5, 0.6) is 0 Å². The van der Waals surface area contributed by atoms with E-state index in [4.69, 9.17) is 15.7 Å². The van der Waals surface area contributed by atoms with Crippen LogP contribution in [-0.2, 0) is 6.54 Å². The number of nitrogens with two attached hydrogens (primary N) is 1. The maximum atomic E-state index is 6.26. The molecule has 0 unspecified atom stereocenters. The van der Waals surface area contributed by atoms with Gasteiger partial charge in [0.25, 0.3) is 0 Å². The third kappa shape index (κ3) is 5.24. The van der Waals surface area contributed by atoms with E-state index in [0.29, 0.717) is 18.2 Å². The van der Waals surface area contributed by atoms with Gasteiger partial charge in [-0.2, -0.15) is 5.10 Å². The monoisotopic (exact) mass is 505 g/mol. The van der Waals surface area contributed by atoms with Gasteiger partial charge in [-0.25, -0.2) is 9.97 Å². The van der Waals surface area contributed by atoms with Crippen LogP contribution in [0.1, 0.15) is 11.1 Å². The number of nitrogens with zero attached hydrogens (tertiary/aromatic N) is 3. The Labute approximate surface area is 227 Å². The van der Waals surface area contributed by atoms with E-state index in [1.54, 1.807) is 0 Å². The van der Waals surface area contributed by atoms with E-state index >= 15 is 0 Å². The lowest BCUT2D eigenvalue weighted by Gasteiger charge is -2.15. The number of fused-ring (bicyclic) bond motifs is 1. The maximum absolute atomic E-state index is 6.26. The molecule has 0 fully saturated rings. The second kappa shape index (κ2) is 11.0. The normalized spacial score (nSPS) is 11.4. The molecule has 1 heterocycles. The minimum Gasteiger partial charge on any atom is -0.382 e. The average molecular weight is 506 g/mol. The zero-order chi connectivity index (χ0) is 26.4. The second-order valence-electron chi connectivity index (χ2n) is 9.20. The van der Waals surface area contributed by atoms with Crippen LogP contribution in [0.25, 0.3) is 44.7 Å². The van der Waals surface area contributed by atoms with Crippen LogP contribution in [0.2, 0.25) is 0 Å². The Hall–Kier alpha value is -5.29. The van der Waals surface area contributed by atoms with E-state index in [9.17, 15) is 0 Å². The summed E-state index contributed by atoms with van der Waals surface area (Å²) in [6.45, 7) is 0.482.